The van der Waals surface area contributed by atoms with Gasteiger partial charge in [-0.2, -0.15) is 18.4 Å². The number of alkyl halides is 3. The van der Waals surface area contributed by atoms with Crippen molar-refractivity contribution in [3.63, 3.8) is 0 Å². The zero-order valence-electron chi connectivity index (χ0n) is 9.72. The monoisotopic (exact) mass is 262 g/mol. The lowest BCUT2D eigenvalue weighted by Gasteiger charge is -2.11. The van der Waals surface area contributed by atoms with E-state index in [4.69, 9.17) is 5.26 Å². The molecule has 5 heteroatoms. The van der Waals surface area contributed by atoms with E-state index in [2.05, 4.69) is 11.1 Å². The third kappa shape index (κ3) is 2.91. The third-order valence-corrected chi connectivity index (χ3v) is 2.67. The molecule has 1 aromatic carbocycles. The van der Waals surface area contributed by atoms with Crippen molar-refractivity contribution in [2.24, 2.45) is 0 Å². The quantitative estimate of drug-likeness (QED) is 0.826. The third-order valence-electron chi connectivity index (χ3n) is 2.67. The van der Waals surface area contributed by atoms with Gasteiger partial charge in [0, 0.05) is 6.20 Å². The highest BCUT2D eigenvalue weighted by atomic mass is 19.4. The van der Waals surface area contributed by atoms with Gasteiger partial charge in [0.15, 0.2) is 0 Å². The maximum atomic E-state index is 12.4. The van der Waals surface area contributed by atoms with Gasteiger partial charge in [-0.25, -0.2) is 0 Å². The lowest BCUT2D eigenvalue weighted by atomic mass is 9.94. The number of benzene rings is 1. The number of nitrogens with zero attached hydrogens (tertiary/aromatic N) is 2. The summed E-state index contributed by atoms with van der Waals surface area (Å²) in [6, 6.07) is 13.1. The molecule has 0 bridgehead atoms. The largest absolute Gasteiger partial charge is 0.433 e. The minimum Gasteiger partial charge on any atom is -0.251 e. The molecule has 0 amide bonds. The van der Waals surface area contributed by atoms with Crippen LogP contribution in [0.25, 0.3) is 0 Å². The Morgan fingerprint density at radius 2 is 1.68 bits per heavy atom. The summed E-state index contributed by atoms with van der Waals surface area (Å²) in [6.45, 7) is 0. The number of hydrogen-bond donors (Lipinski definition) is 0. The Morgan fingerprint density at radius 3 is 2.16 bits per heavy atom. The van der Waals surface area contributed by atoms with E-state index in [1.807, 2.05) is 6.07 Å². The van der Waals surface area contributed by atoms with E-state index in [1.54, 1.807) is 24.3 Å². The van der Waals surface area contributed by atoms with Crippen molar-refractivity contribution >= 4 is 0 Å². The van der Waals surface area contributed by atoms with Crippen molar-refractivity contribution in [2.75, 3.05) is 0 Å². The summed E-state index contributed by atoms with van der Waals surface area (Å²) >= 11 is 0. The molecule has 2 rings (SSSR count). The highest BCUT2D eigenvalue weighted by Gasteiger charge is 2.32. The van der Waals surface area contributed by atoms with E-state index in [0.29, 0.717) is 5.56 Å². The van der Waals surface area contributed by atoms with Crippen molar-refractivity contribution in [1.29, 1.82) is 5.26 Å². The van der Waals surface area contributed by atoms with Crippen molar-refractivity contribution < 1.29 is 13.2 Å². The second kappa shape index (κ2) is 5.11. The van der Waals surface area contributed by atoms with Crippen LogP contribution in [0.2, 0.25) is 0 Å². The molecular formula is C14H9F3N2. The summed E-state index contributed by atoms with van der Waals surface area (Å²) in [4.78, 5) is 3.37. The Balaban J connectivity index is 2.34. The second-order valence-corrected chi connectivity index (χ2v) is 3.95. The Morgan fingerprint density at radius 1 is 1.00 bits per heavy atom. The lowest BCUT2D eigenvalue weighted by molar-refractivity contribution is -0.141. The maximum Gasteiger partial charge on any atom is 0.433 e. The van der Waals surface area contributed by atoms with Gasteiger partial charge in [-0.1, -0.05) is 36.4 Å². The van der Waals surface area contributed by atoms with E-state index in [9.17, 15) is 13.2 Å². The summed E-state index contributed by atoms with van der Waals surface area (Å²) in [5.74, 6) is -0.615. The fourth-order valence-corrected chi connectivity index (χ4v) is 1.73. The highest BCUT2D eigenvalue weighted by Crippen LogP contribution is 2.29. The van der Waals surface area contributed by atoms with Crippen molar-refractivity contribution in [1.82, 2.24) is 4.98 Å². The minimum atomic E-state index is -4.46. The Bertz CT molecular complexity index is 583. The molecule has 0 spiro atoms. The van der Waals surface area contributed by atoms with Crippen molar-refractivity contribution in [3.05, 3.63) is 65.5 Å². The summed E-state index contributed by atoms with van der Waals surface area (Å²) in [5.41, 5.74) is 0.217. The van der Waals surface area contributed by atoms with Crippen LogP contribution in [0, 0.1) is 11.3 Å². The van der Waals surface area contributed by atoms with Crippen LogP contribution in [-0.2, 0) is 6.18 Å². The zero-order chi connectivity index (χ0) is 13.9. The Kier molecular flexibility index (Phi) is 3.52. The standard InChI is InChI=1S/C14H9F3N2/c15-14(16,17)13-7-6-11(9-19-13)12(8-18)10-4-2-1-3-5-10/h1-7,9,12H/t12-/m1/s1. The molecule has 0 saturated heterocycles. The highest BCUT2D eigenvalue weighted by molar-refractivity contribution is 5.37. The molecule has 96 valence electrons. The van der Waals surface area contributed by atoms with Gasteiger partial charge < -0.3 is 0 Å². The van der Waals surface area contributed by atoms with Crippen LogP contribution in [0.3, 0.4) is 0 Å². The van der Waals surface area contributed by atoms with Crippen LogP contribution in [0.15, 0.2) is 48.7 Å². The summed E-state index contributed by atoms with van der Waals surface area (Å²) in [7, 11) is 0. The molecule has 0 unspecified atom stereocenters. The fourth-order valence-electron chi connectivity index (χ4n) is 1.73. The summed E-state index contributed by atoms with van der Waals surface area (Å²) in [5, 5.41) is 9.16. The van der Waals surface area contributed by atoms with E-state index in [-0.39, 0.29) is 0 Å². The van der Waals surface area contributed by atoms with Crippen LogP contribution in [0.1, 0.15) is 22.7 Å². The summed E-state index contributed by atoms with van der Waals surface area (Å²) in [6.07, 6.45) is -3.36. The van der Waals surface area contributed by atoms with Crippen molar-refractivity contribution in [3.8, 4) is 6.07 Å². The first kappa shape index (κ1) is 13.1. The molecule has 0 radical (unpaired) electrons. The van der Waals surface area contributed by atoms with Crippen LogP contribution < -0.4 is 0 Å². The van der Waals surface area contributed by atoms with Crippen LogP contribution in [-0.4, -0.2) is 4.98 Å². The normalized spacial score (nSPS) is 12.7. The molecule has 0 aliphatic rings. The molecule has 1 aromatic heterocycles. The van der Waals surface area contributed by atoms with Gasteiger partial charge >= 0.3 is 6.18 Å². The van der Waals surface area contributed by atoms with Gasteiger partial charge in [0.05, 0.1) is 12.0 Å². The van der Waals surface area contributed by atoms with Crippen molar-refractivity contribution in [2.45, 2.75) is 12.1 Å². The molecule has 1 atom stereocenters. The maximum absolute atomic E-state index is 12.4. The van der Waals surface area contributed by atoms with Gasteiger partial charge in [-0.3, -0.25) is 4.98 Å². The smallest absolute Gasteiger partial charge is 0.251 e. The van der Waals surface area contributed by atoms with Gasteiger partial charge in [0.2, 0.25) is 0 Å². The van der Waals surface area contributed by atoms with E-state index in [1.165, 1.54) is 6.07 Å². The SMILES string of the molecule is N#C[C@H](c1ccccc1)c1ccc(C(F)(F)F)nc1. The summed E-state index contributed by atoms with van der Waals surface area (Å²) < 4.78 is 37.2. The molecular weight excluding hydrogens is 253 g/mol. The molecule has 0 aliphatic heterocycles. The number of hydrogen-bond acceptors (Lipinski definition) is 2. The zero-order valence-corrected chi connectivity index (χ0v) is 9.72. The Hall–Kier alpha value is -2.35. The topological polar surface area (TPSA) is 36.7 Å². The first-order chi connectivity index (χ1) is 9.02. The minimum absolute atomic E-state index is 0.446. The molecule has 0 aliphatic carbocycles. The number of aromatic nitrogens is 1. The van der Waals surface area contributed by atoms with E-state index < -0.39 is 17.8 Å². The average molecular weight is 262 g/mol. The first-order valence-electron chi connectivity index (χ1n) is 5.50. The fraction of sp³-hybridized carbons (Fsp3) is 0.143. The molecule has 0 fully saturated rings. The second-order valence-electron chi connectivity index (χ2n) is 3.95. The van der Waals surface area contributed by atoms with Gasteiger partial charge in [0.1, 0.15) is 5.69 Å². The average Bonchev–Trinajstić information content (AvgIpc) is 2.40. The molecule has 1 heterocycles. The molecule has 2 nitrogen and oxygen atoms in total. The van der Waals surface area contributed by atoms with Crippen LogP contribution >= 0.6 is 0 Å². The predicted molar refractivity (Wildman–Crippen MR) is 63.1 cm³/mol. The molecule has 2 aromatic rings. The Labute approximate surface area is 108 Å². The van der Waals surface area contributed by atoms with Gasteiger partial charge in [-0.05, 0) is 17.2 Å². The predicted octanol–water partition coefficient (Wildman–Crippen LogP) is 3.76. The van der Waals surface area contributed by atoms with Crippen LogP contribution in [0.5, 0.6) is 0 Å². The lowest BCUT2D eigenvalue weighted by Crippen LogP contribution is -2.08. The number of nitriles is 1. The first-order valence-corrected chi connectivity index (χ1v) is 5.50. The van der Waals surface area contributed by atoms with E-state index >= 15 is 0 Å². The van der Waals surface area contributed by atoms with Gasteiger partial charge in [-0.15, -0.1) is 0 Å². The molecule has 19 heavy (non-hydrogen) atoms. The van der Waals surface area contributed by atoms with Gasteiger partial charge in [0.25, 0.3) is 0 Å². The number of rotatable bonds is 2. The molecule has 0 N–H and O–H groups in total. The number of pyridine rings is 1. The van der Waals surface area contributed by atoms with E-state index in [0.717, 1.165) is 17.8 Å². The van der Waals surface area contributed by atoms with Crippen LogP contribution in [0.4, 0.5) is 13.2 Å². The molecule has 0 saturated carbocycles. The number of halogens is 3.